The van der Waals surface area contributed by atoms with Crippen LogP contribution in [-0.2, 0) is 20.8 Å². The maximum absolute atomic E-state index is 12.6. The Labute approximate surface area is 158 Å². The third-order valence-corrected chi connectivity index (χ3v) is 5.23. The predicted molar refractivity (Wildman–Crippen MR) is 98.9 cm³/mol. The van der Waals surface area contributed by atoms with Crippen LogP contribution in [-0.4, -0.2) is 48.1 Å². The van der Waals surface area contributed by atoms with Gasteiger partial charge in [0.1, 0.15) is 0 Å². The fourth-order valence-electron chi connectivity index (χ4n) is 3.55. The smallest absolute Gasteiger partial charge is 0.251 e. The van der Waals surface area contributed by atoms with Crippen LogP contribution in [0, 0.1) is 0 Å². The van der Waals surface area contributed by atoms with Crippen LogP contribution >= 0.6 is 0 Å². The normalized spacial score (nSPS) is 20.2. The van der Waals surface area contributed by atoms with Gasteiger partial charge in [0, 0.05) is 31.5 Å². The molecule has 3 rings (SSSR count). The van der Waals surface area contributed by atoms with E-state index in [0.29, 0.717) is 50.0 Å². The maximum atomic E-state index is 12.6. The molecule has 1 saturated carbocycles. The number of benzene rings is 1. The molecule has 0 atom stereocenters. The molecule has 0 unspecified atom stereocenters. The van der Waals surface area contributed by atoms with Crippen molar-refractivity contribution in [3.05, 3.63) is 48.0 Å². The van der Waals surface area contributed by atoms with Gasteiger partial charge in [0.15, 0.2) is 5.79 Å². The van der Waals surface area contributed by atoms with E-state index in [4.69, 9.17) is 9.47 Å². The lowest BCUT2D eigenvalue weighted by molar-refractivity contribution is -0.201. The van der Waals surface area contributed by atoms with E-state index in [0.717, 1.165) is 0 Å². The van der Waals surface area contributed by atoms with Gasteiger partial charge in [0.25, 0.3) is 5.91 Å². The monoisotopic (exact) mass is 374 g/mol. The zero-order valence-electron chi connectivity index (χ0n) is 15.3. The van der Waals surface area contributed by atoms with Gasteiger partial charge in [-0.05, 0) is 30.5 Å². The van der Waals surface area contributed by atoms with Crippen molar-refractivity contribution in [3.63, 3.8) is 0 Å². The topological polar surface area (TPSA) is 96.9 Å². The zero-order valence-corrected chi connectivity index (χ0v) is 15.3. The van der Waals surface area contributed by atoms with Crippen molar-refractivity contribution in [3.8, 4) is 0 Å². The summed E-state index contributed by atoms with van der Waals surface area (Å²) >= 11 is 0. The number of hydrogen-bond acceptors (Lipinski definition) is 5. The summed E-state index contributed by atoms with van der Waals surface area (Å²) in [6.45, 7) is 4.99. The molecule has 1 saturated heterocycles. The van der Waals surface area contributed by atoms with E-state index in [1.165, 1.54) is 6.08 Å². The molecule has 0 bridgehead atoms. The number of nitrogens with one attached hydrogen (secondary N) is 2. The summed E-state index contributed by atoms with van der Waals surface area (Å²) < 4.78 is 11.4. The van der Waals surface area contributed by atoms with Gasteiger partial charge in [-0.25, -0.2) is 0 Å². The molecule has 3 N–H and O–H groups in total. The van der Waals surface area contributed by atoms with Gasteiger partial charge in [-0.3, -0.25) is 9.59 Å². The third kappa shape index (κ3) is 4.74. The summed E-state index contributed by atoms with van der Waals surface area (Å²) in [7, 11) is 0. The quantitative estimate of drug-likeness (QED) is 0.652. The second kappa shape index (κ2) is 8.21. The summed E-state index contributed by atoms with van der Waals surface area (Å²) in [5.41, 5.74) is 0.204. The number of rotatable bonds is 6. The Kier molecular flexibility index (Phi) is 5.94. The highest BCUT2D eigenvalue weighted by atomic mass is 16.7. The van der Waals surface area contributed by atoms with Crippen LogP contribution in [0.2, 0.25) is 0 Å². The molecule has 1 heterocycles. The highest BCUT2D eigenvalue weighted by molar-refractivity contribution is 5.96. The minimum Gasteiger partial charge on any atom is -0.388 e. The van der Waals surface area contributed by atoms with Gasteiger partial charge in [-0.1, -0.05) is 24.8 Å². The van der Waals surface area contributed by atoms with Crippen LogP contribution < -0.4 is 10.6 Å². The number of hydrogen-bond donors (Lipinski definition) is 3. The van der Waals surface area contributed by atoms with Gasteiger partial charge in [-0.2, -0.15) is 0 Å². The van der Waals surface area contributed by atoms with Gasteiger partial charge in [0.05, 0.1) is 18.8 Å². The lowest BCUT2D eigenvalue weighted by atomic mass is 9.81. The highest BCUT2D eigenvalue weighted by Gasteiger charge is 2.45. The molecule has 7 heteroatoms. The summed E-state index contributed by atoms with van der Waals surface area (Å²) in [5.74, 6) is -1.13. The van der Waals surface area contributed by atoms with E-state index >= 15 is 0 Å². The second-order valence-corrected chi connectivity index (χ2v) is 7.09. The Bertz CT molecular complexity index is 702. The SMILES string of the molecule is C=CC(=O)NCc1ccccc1C(=O)NCC1(O)CCC2(CC1)OCCO2. The van der Waals surface area contributed by atoms with Gasteiger partial charge < -0.3 is 25.2 Å². The Morgan fingerprint density at radius 3 is 2.44 bits per heavy atom. The molecule has 2 amide bonds. The minimum absolute atomic E-state index is 0.162. The largest absolute Gasteiger partial charge is 0.388 e. The van der Waals surface area contributed by atoms with Gasteiger partial charge >= 0.3 is 0 Å². The minimum atomic E-state index is -0.970. The summed E-state index contributed by atoms with van der Waals surface area (Å²) in [6, 6.07) is 7.06. The van der Waals surface area contributed by atoms with E-state index in [2.05, 4.69) is 17.2 Å². The fourth-order valence-corrected chi connectivity index (χ4v) is 3.55. The number of carbonyl (C=O) groups excluding carboxylic acids is 2. The van der Waals surface area contributed by atoms with E-state index < -0.39 is 11.4 Å². The van der Waals surface area contributed by atoms with Crippen LogP contribution in [0.4, 0.5) is 0 Å². The molecule has 7 nitrogen and oxygen atoms in total. The fraction of sp³-hybridized carbons (Fsp3) is 0.500. The Hall–Kier alpha value is -2.22. The van der Waals surface area contributed by atoms with E-state index in [-0.39, 0.29) is 24.9 Å². The summed E-state index contributed by atoms with van der Waals surface area (Å²) in [4.78, 5) is 24.0. The molecule has 2 fully saturated rings. The first kappa shape index (κ1) is 19.5. The second-order valence-electron chi connectivity index (χ2n) is 7.09. The van der Waals surface area contributed by atoms with Crippen molar-refractivity contribution in [2.45, 2.75) is 43.6 Å². The van der Waals surface area contributed by atoms with Gasteiger partial charge in [0.2, 0.25) is 5.91 Å². The molecule has 0 aromatic heterocycles. The third-order valence-electron chi connectivity index (χ3n) is 5.23. The van der Waals surface area contributed by atoms with Crippen LogP contribution in [0.1, 0.15) is 41.6 Å². The van der Waals surface area contributed by atoms with Crippen LogP contribution in [0.3, 0.4) is 0 Å². The molecule has 146 valence electrons. The van der Waals surface area contributed by atoms with E-state index in [9.17, 15) is 14.7 Å². The number of carbonyl (C=O) groups is 2. The van der Waals surface area contributed by atoms with E-state index in [1.54, 1.807) is 18.2 Å². The average molecular weight is 374 g/mol. The summed E-state index contributed by atoms with van der Waals surface area (Å²) in [6.07, 6.45) is 3.42. The number of amides is 2. The molecule has 1 aromatic rings. The molecular weight excluding hydrogens is 348 g/mol. The van der Waals surface area contributed by atoms with Crippen LogP contribution in [0.25, 0.3) is 0 Å². The zero-order chi connectivity index (χ0) is 19.3. The Balaban J connectivity index is 1.56. The number of aliphatic hydroxyl groups is 1. The summed E-state index contributed by atoms with van der Waals surface area (Å²) in [5, 5.41) is 16.3. The lowest BCUT2D eigenvalue weighted by Crippen LogP contribution is -2.49. The van der Waals surface area contributed by atoms with Crippen molar-refractivity contribution in [2.75, 3.05) is 19.8 Å². The van der Waals surface area contributed by atoms with Crippen molar-refractivity contribution in [1.29, 1.82) is 0 Å². The first-order chi connectivity index (χ1) is 13.0. The Morgan fingerprint density at radius 2 is 1.78 bits per heavy atom. The molecule has 0 radical (unpaired) electrons. The lowest BCUT2D eigenvalue weighted by Gasteiger charge is -2.40. The van der Waals surface area contributed by atoms with Crippen LogP contribution in [0.5, 0.6) is 0 Å². The molecule has 1 spiro atoms. The first-order valence-electron chi connectivity index (χ1n) is 9.22. The molecule has 27 heavy (non-hydrogen) atoms. The van der Waals surface area contributed by atoms with Crippen molar-refractivity contribution in [1.82, 2.24) is 10.6 Å². The Morgan fingerprint density at radius 1 is 1.11 bits per heavy atom. The van der Waals surface area contributed by atoms with Gasteiger partial charge in [-0.15, -0.1) is 0 Å². The van der Waals surface area contributed by atoms with Crippen molar-refractivity contribution in [2.24, 2.45) is 0 Å². The average Bonchev–Trinajstić information content (AvgIpc) is 3.16. The van der Waals surface area contributed by atoms with Crippen LogP contribution in [0.15, 0.2) is 36.9 Å². The number of ether oxygens (including phenoxy) is 2. The standard InChI is InChI=1S/C20H26N2O5/c1-2-17(23)21-13-15-5-3-4-6-16(15)18(24)22-14-19(25)7-9-20(10-8-19)26-11-12-27-20/h2-6,25H,1,7-14H2,(H,21,23)(H,22,24). The molecule has 1 aromatic carbocycles. The molecule has 1 aliphatic carbocycles. The van der Waals surface area contributed by atoms with Crippen molar-refractivity contribution < 1.29 is 24.2 Å². The van der Waals surface area contributed by atoms with Crippen molar-refractivity contribution >= 4 is 11.8 Å². The maximum Gasteiger partial charge on any atom is 0.251 e. The molecular formula is C20H26N2O5. The predicted octanol–water partition coefficient (Wildman–Crippen LogP) is 1.27. The molecule has 2 aliphatic rings. The molecule has 1 aliphatic heterocycles. The highest BCUT2D eigenvalue weighted by Crippen LogP contribution is 2.39. The first-order valence-corrected chi connectivity index (χ1v) is 9.22. The van der Waals surface area contributed by atoms with E-state index in [1.807, 2.05) is 6.07 Å².